The van der Waals surface area contributed by atoms with Crippen molar-refractivity contribution in [3.63, 3.8) is 0 Å². The number of aromatic nitrogens is 5. The molecular weight excluding hydrogens is 488 g/mol. The van der Waals surface area contributed by atoms with Crippen molar-refractivity contribution in [3.05, 3.63) is 54.6 Å². The first kappa shape index (κ1) is 23.4. The summed E-state index contributed by atoms with van der Waals surface area (Å²) in [5.41, 5.74) is 2.83. The van der Waals surface area contributed by atoms with Crippen LogP contribution in [0.4, 0.5) is 17.3 Å². The lowest BCUT2D eigenvalue weighted by Crippen LogP contribution is -2.46. The maximum Gasteiger partial charge on any atom is 0.256 e. The van der Waals surface area contributed by atoms with E-state index in [0.29, 0.717) is 41.8 Å². The molecule has 188 valence electrons. The monoisotopic (exact) mass is 514 g/mol. The molecule has 1 aliphatic carbocycles. The van der Waals surface area contributed by atoms with Crippen LogP contribution in [0.5, 0.6) is 0 Å². The number of pyridine rings is 1. The molecule has 11 heteroatoms. The minimum absolute atomic E-state index is 0.0709. The Hall–Kier alpha value is -4.04. The van der Waals surface area contributed by atoms with Crippen LogP contribution < -0.4 is 10.2 Å². The van der Waals surface area contributed by atoms with Gasteiger partial charge in [0.05, 0.1) is 35.2 Å². The Labute approximate surface area is 215 Å². The van der Waals surface area contributed by atoms with Crippen molar-refractivity contribution in [1.82, 2.24) is 24.1 Å². The van der Waals surface area contributed by atoms with Crippen molar-refractivity contribution in [3.8, 4) is 17.5 Å². The highest BCUT2D eigenvalue weighted by atomic mass is 32.2. The molecule has 1 aromatic carbocycles. The Morgan fingerprint density at radius 1 is 1.08 bits per heavy atom. The first-order valence-electron chi connectivity index (χ1n) is 12.3. The van der Waals surface area contributed by atoms with Crippen LogP contribution in [0.2, 0.25) is 0 Å². The number of nitrogens with zero attached hydrogens (tertiary/aromatic N) is 7. The summed E-state index contributed by atoms with van der Waals surface area (Å²) < 4.78 is 26.0. The summed E-state index contributed by atoms with van der Waals surface area (Å²) >= 11 is 0. The van der Waals surface area contributed by atoms with Gasteiger partial charge in [0.2, 0.25) is 0 Å². The number of fused-ring (bicyclic) bond motifs is 1. The van der Waals surface area contributed by atoms with Crippen molar-refractivity contribution in [2.75, 3.05) is 23.3 Å². The molecule has 0 unspecified atom stereocenters. The Kier molecular flexibility index (Phi) is 5.56. The summed E-state index contributed by atoms with van der Waals surface area (Å²) in [5.74, 6) is 1.95. The second kappa shape index (κ2) is 8.81. The van der Waals surface area contributed by atoms with Crippen LogP contribution in [0.25, 0.3) is 22.2 Å². The van der Waals surface area contributed by atoms with Gasteiger partial charge in [-0.25, -0.2) is 23.4 Å². The summed E-state index contributed by atoms with van der Waals surface area (Å²) in [4.78, 5) is 15.7. The van der Waals surface area contributed by atoms with E-state index in [-0.39, 0.29) is 11.2 Å². The fraction of sp³-hybridized carbons (Fsp3) is 0.346. The molecule has 0 bridgehead atoms. The highest BCUT2D eigenvalue weighted by Crippen LogP contribution is 2.37. The lowest BCUT2D eigenvalue weighted by molar-refractivity contribution is 0.506. The maximum absolute atomic E-state index is 12.5. The maximum atomic E-state index is 12.5. The zero-order valence-corrected chi connectivity index (χ0v) is 21.4. The number of hydrogen-bond donors (Lipinski definition) is 1. The standard InChI is InChI=1S/C26H26N8O2S/c1-16(2)20-5-6-23(33-13-17(10-27)14-33)22-12-29-25(9-21(20)22)31-24-7-8-28-26(32-24)18-11-30-34(15-18)37(35,36)19-3-4-19/h5-9,11-12,15-17,19H,3-4,13-14H2,1-2H3,(H,28,29,31,32). The van der Waals surface area contributed by atoms with E-state index in [9.17, 15) is 13.7 Å². The molecule has 4 aromatic rings. The van der Waals surface area contributed by atoms with E-state index in [1.807, 2.05) is 12.3 Å². The van der Waals surface area contributed by atoms with Crippen molar-refractivity contribution in [1.29, 1.82) is 5.26 Å². The van der Waals surface area contributed by atoms with Crippen LogP contribution in [0, 0.1) is 17.2 Å². The highest BCUT2D eigenvalue weighted by Gasteiger charge is 2.37. The summed E-state index contributed by atoms with van der Waals surface area (Å²) in [7, 11) is -3.45. The molecule has 1 aliphatic heterocycles. The summed E-state index contributed by atoms with van der Waals surface area (Å²) in [6.07, 6.45) is 7.76. The second-order valence-corrected chi connectivity index (χ2v) is 12.0. The Balaban J connectivity index is 1.30. The van der Waals surface area contributed by atoms with Crippen LogP contribution in [0.3, 0.4) is 0 Å². The second-order valence-electron chi connectivity index (χ2n) is 9.91. The predicted octanol–water partition coefficient (Wildman–Crippen LogP) is 4.06. The van der Waals surface area contributed by atoms with Gasteiger partial charge < -0.3 is 10.2 Å². The van der Waals surface area contributed by atoms with Crippen molar-refractivity contribution >= 4 is 38.1 Å². The number of anilines is 3. The average molecular weight is 515 g/mol. The molecule has 2 aliphatic rings. The highest BCUT2D eigenvalue weighted by molar-refractivity contribution is 7.90. The normalized spacial score (nSPS) is 16.1. The van der Waals surface area contributed by atoms with E-state index in [2.05, 4.69) is 62.3 Å². The van der Waals surface area contributed by atoms with Gasteiger partial charge in [0.1, 0.15) is 11.6 Å². The third-order valence-corrected chi connectivity index (χ3v) is 8.91. The molecule has 37 heavy (non-hydrogen) atoms. The SMILES string of the molecule is CC(C)c1ccc(N2CC(C#N)C2)c2cnc(Nc3ccnc(-c4cnn(S(=O)(=O)C5CC5)c4)n3)cc12. The molecule has 3 aromatic heterocycles. The van der Waals surface area contributed by atoms with E-state index in [1.165, 1.54) is 18.0 Å². The van der Waals surface area contributed by atoms with Gasteiger partial charge in [-0.2, -0.15) is 14.4 Å². The summed E-state index contributed by atoms with van der Waals surface area (Å²) in [5, 5.41) is 18.3. The molecule has 1 N–H and O–H groups in total. The lowest BCUT2D eigenvalue weighted by Gasteiger charge is -2.38. The fourth-order valence-electron chi connectivity index (χ4n) is 4.63. The van der Waals surface area contributed by atoms with Crippen molar-refractivity contribution in [2.45, 2.75) is 37.9 Å². The van der Waals surface area contributed by atoms with Crippen molar-refractivity contribution < 1.29 is 8.42 Å². The number of nitriles is 1. The zero-order valence-electron chi connectivity index (χ0n) is 20.5. The van der Waals surface area contributed by atoms with Crippen molar-refractivity contribution in [2.24, 2.45) is 5.92 Å². The van der Waals surface area contributed by atoms with Gasteiger partial charge in [0.25, 0.3) is 10.0 Å². The predicted molar refractivity (Wildman–Crippen MR) is 141 cm³/mol. The van der Waals surface area contributed by atoms with Gasteiger partial charge >= 0.3 is 0 Å². The van der Waals surface area contributed by atoms with Crippen LogP contribution in [0.1, 0.15) is 38.2 Å². The zero-order chi connectivity index (χ0) is 25.7. The Bertz CT molecular complexity index is 1650. The van der Waals surface area contributed by atoms with E-state index in [1.54, 1.807) is 12.3 Å². The molecule has 0 amide bonds. The fourth-order valence-corrected chi connectivity index (χ4v) is 6.10. The van der Waals surface area contributed by atoms with E-state index in [4.69, 9.17) is 0 Å². The number of benzene rings is 1. The molecule has 4 heterocycles. The van der Waals surface area contributed by atoms with Crippen LogP contribution in [-0.4, -0.2) is 50.9 Å². The third kappa shape index (κ3) is 4.27. The lowest BCUT2D eigenvalue weighted by atomic mass is 9.93. The Morgan fingerprint density at radius 2 is 1.89 bits per heavy atom. The largest absolute Gasteiger partial charge is 0.368 e. The van der Waals surface area contributed by atoms with Gasteiger partial charge in [-0.05, 0) is 47.9 Å². The van der Waals surface area contributed by atoms with Crippen LogP contribution in [0.15, 0.2) is 49.1 Å². The van der Waals surface area contributed by atoms with E-state index >= 15 is 0 Å². The molecule has 6 rings (SSSR count). The topological polar surface area (TPSA) is 130 Å². The number of nitrogens with one attached hydrogen (secondary N) is 1. The van der Waals surface area contributed by atoms with Gasteiger partial charge in [0, 0.05) is 36.6 Å². The summed E-state index contributed by atoms with van der Waals surface area (Å²) in [6, 6.07) is 10.4. The molecule has 0 atom stereocenters. The summed E-state index contributed by atoms with van der Waals surface area (Å²) in [6.45, 7) is 5.79. The number of rotatable bonds is 7. The molecule has 1 saturated heterocycles. The Morgan fingerprint density at radius 3 is 2.62 bits per heavy atom. The van der Waals surface area contributed by atoms with Gasteiger partial charge in [-0.3, -0.25) is 0 Å². The van der Waals surface area contributed by atoms with Crippen LogP contribution in [-0.2, 0) is 10.0 Å². The van der Waals surface area contributed by atoms with Crippen LogP contribution >= 0.6 is 0 Å². The molecule has 10 nitrogen and oxygen atoms in total. The third-order valence-electron chi connectivity index (χ3n) is 6.87. The first-order valence-corrected chi connectivity index (χ1v) is 13.8. The molecule has 2 fully saturated rings. The quantitative estimate of drug-likeness (QED) is 0.388. The van der Waals surface area contributed by atoms with Gasteiger partial charge in [-0.15, -0.1) is 0 Å². The minimum atomic E-state index is -3.45. The van der Waals surface area contributed by atoms with E-state index in [0.717, 1.165) is 33.6 Å². The minimum Gasteiger partial charge on any atom is -0.368 e. The average Bonchev–Trinajstić information content (AvgIpc) is 3.60. The number of hydrogen-bond acceptors (Lipinski definition) is 9. The smallest absolute Gasteiger partial charge is 0.256 e. The molecule has 1 saturated carbocycles. The molecular formula is C26H26N8O2S. The molecule has 0 radical (unpaired) electrons. The van der Waals surface area contributed by atoms with Gasteiger partial charge in [0.15, 0.2) is 5.82 Å². The first-order chi connectivity index (χ1) is 17.8. The van der Waals surface area contributed by atoms with E-state index < -0.39 is 10.0 Å². The molecule has 0 spiro atoms. The van der Waals surface area contributed by atoms with Gasteiger partial charge in [-0.1, -0.05) is 19.9 Å².